The third kappa shape index (κ3) is 4.69. The molecular weight excluding hydrogens is 415 g/mol. The van der Waals surface area contributed by atoms with E-state index in [1.165, 1.54) is 0 Å². The quantitative estimate of drug-likeness (QED) is 0.529. The van der Waals surface area contributed by atoms with Gasteiger partial charge in [0.15, 0.2) is 5.78 Å². The summed E-state index contributed by atoms with van der Waals surface area (Å²) < 4.78 is 14.4. The molecule has 0 aliphatic heterocycles. The molecule has 0 saturated carbocycles. The number of aliphatic carboxylic acids is 1. The number of carbonyl (C=O) groups excluding carboxylic acids is 3. The van der Waals surface area contributed by atoms with Crippen LogP contribution in [-0.4, -0.2) is 46.0 Å². The van der Waals surface area contributed by atoms with Crippen LogP contribution < -0.4 is 5.32 Å². The first-order chi connectivity index (χ1) is 15.2. The Morgan fingerprint density at radius 3 is 1.94 bits per heavy atom. The predicted octanol–water partition coefficient (Wildman–Crippen LogP) is 3.60. The van der Waals surface area contributed by atoms with Crippen LogP contribution in [0.3, 0.4) is 0 Å². The number of Topliss-reactive ketones (excluding diaryl/α,β-unsaturated/α-hetero) is 1. The number of nitrogens with zero attached hydrogens (tertiary/aromatic N) is 1. The van der Waals surface area contributed by atoms with Gasteiger partial charge in [0.05, 0.1) is 17.5 Å². The SMILES string of the molecule is CC(C)[C@@H](CC(=O)n1c2ccccc2c2ccccc21)C(=O)NC(CC(=O)O)C(=O)CF. The molecule has 2 N–H and O–H groups in total. The van der Waals surface area contributed by atoms with E-state index in [1.54, 1.807) is 18.4 Å². The molecule has 7 nitrogen and oxygen atoms in total. The summed E-state index contributed by atoms with van der Waals surface area (Å²) in [6, 6.07) is 13.5. The monoisotopic (exact) mass is 440 g/mol. The predicted molar refractivity (Wildman–Crippen MR) is 118 cm³/mol. The molecule has 8 heteroatoms. The van der Waals surface area contributed by atoms with Crippen molar-refractivity contribution >= 4 is 45.4 Å². The molecule has 0 radical (unpaired) electrons. The van der Waals surface area contributed by atoms with Crippen LogP contribution in [0.15, 0.2) is 48.5 Å². The highest BCUT2D eigenvalue weighted by molar-refractivity contribution is 6.13. The lowest BCUT2D eigenvalue weighted by molar-refractivity contribution is -0.140. The van der Waals surface area contributed by atoms with Crippen molar-refractivity contribution in [3.63, 3.8) is 0 Å². The van der Waals surface area contributed by atoms with E-state index in [1.807, 2.05) is 48.5 Å². The third-order valence-electron chi connectivity index (χ3n) is 5.58. The Hall–Kier alpha value is -3.55. The summed E-state index contributed by atoms with van der Waals surface area (Å²) in [7, 11) is 0. The molecule has 3 rings (SSSR count). The minimum atomic E-state index is -1.48. The Morgan fingerprint density at radius 1 is 0.938 bits per heavy atom. The molecule has 32 heavy (non-hydrogen) atoms. The van der Waals surface area contributed by atoms with Crippen molar-refractivity contribution < 1.29 is 28.7 Å². The largest absolute Gasteiger partial charge is 0.481 e. The number of hydrogen-bond donors (Lipinski definition) is 2. The maximum absolute atomic E-state index is 13.4. The summed E-state index contributed by atoms with van der Waals surface area (Å²) in [6.45, 7) is 2.13. The number of aromatic nitrogens is 1. The number of carbonyl (C=O) groups is 4. The zero-order valence-electron chi connectivity index (χ0n) is 17.9. The van der Waals surface area contributed by atoms with Gasteiger partial charge in [-0.3, -0.25) is 23.7 Å². The minimum absolute atomic E-state index is 0.157. The molecule has 3 aromatic rings. The molecule has 0 spiro atoms. The summed E-state index contributed by atoms with van der Waals surface area (Å²) in [6.07, 6.45) is -0.879. The maximum Gasteiger partial charge on any atom is 0.305 e. The summed E-state index contributed by atoms with van der Waals surface area (Å²) >= 11 is 0. The van der Waals surface area contributed by atoms with Crippen molar-refractivity contribution in [3.8, 4) is 0 Å². The number of hydrogen-bond acceptors (Lipinski definition) is 4. The Balaban J connectivity index is 1.91. The number of halogens is 1. The van der Waals surface area contributed by atoms with Crippen molar-refractivity contribution in [1.82, 2.24) is 9.88 Å². The zero-order chi connectivity index (χ0) is 23.4. The Bertz CT molecular complexity index is 1130. The lowest BCUT2D eigenvalue weighted by atomic mass is 9.90. The van der Waals surface area contributed by atoms with Gasteiger partial charge < -0.3 is 10.4 Å². The van der Waals surface area contributed by atoms with Crippen LogP contribution in [-0.2, 0) is 14.4 Å². The van der Waals surface area contributed by atoms with Crippen molar-refractivity contribution in [1.29, 1.82) is 0 Å². The molecule has 1 heterocycles. The second-order valence-electron chi connectivity index (χ2n) is 8.08. The Kier molecular flexibility index (Phi) is 7.02. The van der Waals surface area contributed by atoms with E-state index in [4.69, 9.17) is 5.11 Å². The van der Waals surface area contributed by atoms with Crippen LogP contribution in [0.1, 0.15) is 31.5 Å². The van der Waals surface area contributed by atoms with Gasteiger partial charge in [-0.1, -0.05) is 50.2 Å². The summed E-state index contributed by atoms with van der Waals surface area (Å²) in [5.41, 5.74) is 1.44. The van der Waals surface area contributed by atoms with Crippen molar-refractivity contribution in [2.45, 2.75) is 32.7 Å². The third-order valence-corrected chi connectivity index (χ3v) is 5.58. The first-order valence-electron chi connectivity index (χ1n) is 10.4. The van der Waals surface area contributed by atoms with E-state index in [0.717, 1.165) is 21.8 Å². The molecule has 0 fully saturated rings. The zero-order valence-corrected chi connectivity index (χ0v) is 17.9. The second kappa shape index (κ2) is 9.72. The van der Waals surface area contributed by atoms with E-state index in [2.05, 4.69) is 5.32 Å². The van der Waals surface area contributed by atoms with Gasteiger partial charge in [0.2, 0.25) is 11.8 Å². The molecule has 1 unspecified atom stereocenters. The van der Waals surface area contributed by atoms with Gasteiger partial charge in [-0.25, -0.2) is 4.39 Å². The minimum Gasteiger partial charge on any atom is -0.481 e. The number of ketones is 1. The van der Waals surface area contributed by atoms with Crippen LogP contribution in [0.25, 0.3) is 21.8 Å². The van der Waals surface area contributed by atoms with Gasteiger partial charge in [-0.05, 0) is 18.1 Å². The maximum atomic E-state index is 13.4. The summed E-state index contributed by atoms with van der Waals surface area (Å²) in [4.78, 5) is 49.0. The highest BCUT2D eigenvalue weighted by Gasteiger charge is 2.31. The van der Waals surface area contributed by atoms with Gasteiger partial charge in [0, 0.05) is 23.1 Å². The van der Waals surface area contributed by atoms with Gasteiger partial charge in [0.25, 0.3) is 0 Å². The second-order valence-corrected chi connectivity index (χ2v) is 8.08. The van der Waals surface area contributed by atoms with Gasteiger partial charge >= 0.3 is 5.97 Å². The smallest absolute Gasteiger partial charge is 0.305 e. The number of para-hydroxylation sites is 2. The normalized spacial score (nSPS) is 13.2. The molecule has 168 valence electrons. The molecular formula is C24H25FN2O5. The summed E-state index contributed by atoms with van der Waals surface area (Å²) in [5, 5.41) is 13.1. The van der Waals surface area contributed by atoms with Gasteiger partial charge in [0.1, 0.15) is 12.7 Å². The van der Waals surface area contributed by atoms with Crippen molar-refractivity contribution in [2.24, 2.45) is 11.8 Å². The fourth-order valence-electron chi connectivity index (χ4n) is 3.89. The molecule has 0 saturated heterocycles. The lowest BCUT2D eigenvalue weighted by Crippen LogP contribution is -2.47. The number of rotatable bonds is 9. The number of benzene rings is 2. The van der Waals surface area contributed by atoms with E-state index in [9.17, 15) is 23.6 Å². The van der Waals surface area contributed by atoms with E-state index in [-0.39, 0.29) is 18.2 Å². The van der Waals surface area contributed by atoms with Crippen LogP contribution in [0.5, 0.6) is 0 Å². The van der Waals surface area contributed by atoms with E-state index >= 15 is 0 Å². The number of carboxylic acid groups (broad SMARTS) is 1. The first kappa shape index (κ1) is 23.1. The number of amides is 1. The van der Waals surface area contributed by atoms with E-state index in [0.29, 0.717) is 0 Å². The highest BCUT2D eigenvalue weighted by Crippen LogP contribution is 2.30. The Morgan fingerprint density at radius 2 is 1.47 bits per heavy atom. The van der Waals surface area contributed by atoms with Crippen LogP contribution in [0.4, 0.5) is 4.39 Å². The molecule has 0 bridgehead atoms. The van der Waals surface area contributed by atoms with Crippen LogP contribution in [0, 0.1) is 11.8 Å². The highest BCUT2D eigenvalue weighted by atomic mass is 19.1. The van der Waals surface area contributed by atoms with E-state index < -0.39 is 42.7 Å². The molecule has 0 aliphatic rings. The fraction of sp³-hybridized carbons (Fsp3) is 0.333. The van der Waals surface area contributed by atoms with Crippen LogP contribution >= 0.6 is 0 Å². The average Bonchev–Trinajstić information content (AvgIpc) is 3.10. The number of fused-ring (bicyclic) bond motifs is 3. The standard InChI is InChI=1S/C24H25FN2O5/c1-14(2)17(24(32)26-18(12-23(30)31)21(28)13-25)11-22(29)27-19-9-5-3-7-15(19)16-8-4-6-10-20(16)27/h3-10,14,17-18H,11-13H2,1-2H3,(H,26,32)(H,30,31)/t17-,18?/m1/s1. The molecule has 2 atom stereocenters. The number of alkyl halides is 1. The van der Waals surface area contributed by atoms with Gasteiger partial charge in [-0.2, -0.15) is 0 Å². The average molecular weight is 440 g/mol. The molecule has 1 amide bonds. The van der Waals surface area contributed by atoms with Gasteiger partial charge in [-0.15, -0.1) is 0 Å². The molecule has 1 aromatic heterocycles. The Labute approximate surface area is 184 Å². The topological polar surface area (TPSA) is 105 Å². The number of nitrogens with one attached hydrogen (secondary N) is 1. The molecule has 2 aromatic carbocycles. The van der Waals surface area contributed by atoms with Crippen molar-refractivity contribution in [2.75, 3.05) is 6.67 Å². The lowest BCUT2D eigenvalue weighted by Gasteiger charge is -2.23. The first-order valence-corrected chi connectivity index (χ1v) is 10.4. The van der Waals surface area contributed by atoms with Crippen molar-refractivity contribution in [3.05, 3.63) is 48.5 Å². The van der Waals surface area contributed by atoms with Crippen LogP contribution in [0.2, 0.25) is 0 Å². The fourth-order valence-corrected chi connectivity index (χ4v) is 3.89. The molecule has 0 aliphatic carbocycles. The summed E-state index contributed by atoms with van der Waals surface area (Å²) in [5.74, 6) is -4.41. The number of carboxylic acids is 1.